The van der Waals surface area contributed by atoms with E-state index in [1.807, 2.05) is 32.0 Å². The molecule has 2 aromatic rings. The maximum atomic E-state index is 12.6. The van der Waals surface area contributed by atoms with E-state index in [0.717, 1.165) is 36.1 Å². The molecular formula is C22H28N2O3S. The lowest BCUT2D eigenvalue weighted by Crippen LogP contribution is -2.23. The molecule has 1 aliphatic rings. The number of amides is 1. The number of esters is 1. The third kappa shape index (κ3) is 4.38. The summed E-state index contributed by atoms with van der Waals surface area (Å²) in [6.45, 7) is 8.56. The first-order valence-corrected chi connectivity index (χ1v) is 10.6. The fourth-order valence-electron chi connectivity index (χ4n) is 3.55. The van der Waals surface area contributed by atoms with Crippen molar-refractivity contribution in [1.29, 1.82) is 0 Å². The average molecular weight is 401 g/mol. The first-order chi connectivity index (χ1) is 13.4. The number of carbonyl (C=O) groups is 2. The number of fused-ring (bicyclic) bond motifs is 1. The van der Waals surface area contributed by atoms with Gasteiger partial charge in [-0.3, -0.25) is 4.79 Å². The van der Waals surface area contributed by atoms with E-state index in [0.29, 0.717) is 23.1 Å². The Morgan fingerprint density at radius 2 is 2.07 bits per heavy atom. The molecule has 28 heavy (non-hydrogen) atoms. The topological polar surface area (TPSA) is 67.4 Å². The summed E-state index contributed by atoms with van der Waals surface area (Å²) >= 11 is 1.51. The maximum Gasteiger partial charge on any atom is 0.341 e. The molecule has 5 nitrogen and oxygen atoms in total. The molecule has 1 aliphatic carbocycles. The Balaban J connectivity index is 1.76. The van der Waals surface area contributed by atoms with Gasteiger partial charge in [-0.05, 0) is 68.7 Å². The van der Waals surface area contributed by atoms with Crippen LogP contribution >= 0.6 is 11.3 Å². The summed E-state index contributed by atoms with van der Waals surface area (Å²) < 4.78 is 5.26. The molecule has 1 amide bonds. The largest absolute Gasteiger partial charge is 0.462 e. The van der Waals surface area contributed by atoms with Crippen LogP contribution in [0.2, 0.25) is 0 Å². The molecule has 3 rings (SSSR count). The molecule has 1 heterocycles. The van der Waals surface area contributed by atoms with Crippen molar-refractivity contribution >= 4 is 33.9 Å². The molecule has 0 aliphatic heterocycles. The van der Waals surface area contributed by atoms with Gasteiger partial charge in [0.15, 0.2) is 0 Å². The fraction of sp³-hybridized carbons (Fsp3) is 0.455. The molecule has 6 heteroatoms. The molecule has 0 spiro atoms. The predicted molar refractivity (Wildman–Crippen MR) is 114 cm³/mol. The fourth-order valence-corrected chi connectivity index (χ4v) is 4.96. The standard InChI is InChI=1S/C22H28N2O3S/c1-5-27-22(26)20-16-10-9-13(2)11-18(16)28-21(20)24-19(25)12-23-17-8-6-7-14(3)15(17)4/h6-8,13,23H,5,9-12H2,1-4H3,(H,24,25)/t13-/m0/s1. The number of hydrogen-bond acceptors (Lipinski definition) is 5. The molecule has 1 aromatic heterocycles. The van der Waals surface area contributed by atoms with Crippen molar-refractivity contribution in [2.24, 2.45) is 5.92 Å². The van der Waals surface area contributed by atoms with Gasteiger partial charge in [0.05, 0.1) is 18.7 Å². The Bertz CT molecular complexity index is 888. The third-order valence-electron chi connectivity index (χ3n) is 5.29. The summed E-state index contributed by atoms with van der Waals surface area (Å²) in [6, 6.07) is 5.98. The Labute approximate surface area is 170 Å². The van der Waals surface area contributed by atoms with Crippen molar-refractivity contribution in [2.45, 2.75) is 47.0 Å². The number of rotatable bonds is 6. The predicted octanol–water partition coefficient (Wildman–Crippen LogP) is 4.72. The van der Waals surface area contributed by atoms with Gasteiger partial charge in [0.2, 0.25) is 5.91 Å². The van der Waals surface area contributed by atoms with Gasteiger partial charge >= 0.3 is 5.97 Å². The minimum Gasteiger partial charge on any atom is -0.462 e. The lowest BCUT2D eigenvalue weighted by Gasteiger charge is -2.18. The van der Waals surface area contributed by atoms with Gasteiger partial charge in [-0.25, -0.2) is 4.79 Å². The minimum atomic E-state index is -0.340. The molecule has 0 unspecified atom stereocenters. The summed E-state index contributed by atoms with van der Waals surface area (Å²) in [7, 11) is 0. The Hall–Kier alpha value is -2.34. The zero-order valence-electron chi connectivity index (χ0n) is 17.0. The second kappa shape index (κ2) is 8.78. The number of aryl methyl sites for hydroxylation is 1. The van der Waals surface area contributed by atoms with Crippen LogP contribution in [0.4, 0.5) is 10.7 Å². The number of nitrogens with one attached hydrogen (secondary N) is 2. The van der Waals surface area contributed by atoms with E-state index < -0.39 is 0 Å². The Morgan fingerprint density at radius 1 is 1.29 bits per heavy atom. The van der Waals surface area contributed by atoms with Gasteiger partial charge in [-0.1, -0.05) is 19.1 Å². The van der Waals surface area contributed by atoms with Crippen LogP contribution in [0, 0.1) is 19.8 Å². The second-order valence-corrected chi connectivity index (χ2v) is 8.53. The summed E-state index contributed by atoms with van der Waals surface area (Å²) in [5, 5.41) is 6.75. The van der Waals surface area contributed by atoms with Crippen LogP contribution in [0.1, 0.15) is 52.2 Å². The lowest BCUT2D eigenvalue weighted by atomic mass is 9.88. The smallest absolute Gasteiger partial charge is 0.341 e. The summed E-state index contributed by atoms with van der Waals surface area (Å²) in [5.41, 5.74) is 4.85. The van der Waals surface area contributed by atoms with Crippen molar-refractivity contribution in [3.8, 4) is 0 Å². The third-order valence-corrected chi connectivity index (χ3v) is 6.46. The summed E-state index contributed by atoms with van der Waals surface area (Å²) in [6.07, 6.45) is 2.86. The number of anilines is 2. The van der Waals surface area contributed by atoms with Gasteiger partial charge in [0.1, 0.15) is 5.00 Å². The molecule has 0 radical (unpaired) electrons. The first-order valence-electron chi connectivity index (χ1n) is 9.82. The van der Waals surface area contributed by atoms with Crippen LogP contribution in [0.15, 0.2) is 18.2 Å². The van der Waals surface area contributed by atoms with Crippen molar-refractivity contribution < 1.29 is 14.3 Å². The van der Waals surface area contributed by atoms with E-state index in [1.165, 1.54) is 21.8 Å². The summed E-state index contributed by atoms with van der Waals surface area (Å²) in [4.78, 5) is 26.3. The number of carbonyl (C=O) groups excluding carboxylic acids is 2. The van der Waals surface area contributed by atoms with E-state index in [4.69, 9.17) is 4.74 Å². The zero-order chi connectivity index (χ0) is 20.3. The highest BCUT2D eigenvalue weighted by Gasteiger charge is 2.29. The molecule has 0 saturated carbocycles. The van der Waals surface area contributed by atoms with Gasteiger partial charge in [-0.2, -0.15) is 0 Å². The number of benzene rings is 1. The van der Waals surface area contributed by atoms with Crippen LogP contribution in [-0.2, 0) is 22.4 Å². The van der Waals surface area contributed by atoms with Crippen molar-refractivity contribution in [3.05, 3.63) is 45.3 Å². The van der Waals surface area contributed by atoms with E-state index in [-0.39, 0.29) is 18.4 Å². The quantitative estimate of drug-likeness (QED) is 0.689. The van der Waals surface area contributed by atoms with Crippen LogP contribution in [0.25, 0.3) is 0 Å². The normalized spacial score (nSPS) is 15.6. The van der Waals surface area contributed by atoms with Crippen molar-refractivity contribution in [1.82, 2.24) is 0 Å². The molecule has 1 aromatic carbocycles. The molecule has 0 fully saturated rings. The van der Waals surface area contributed by atoms with Gasteiger partial charge in [-0.15, -0.1) is 11.3 Å². The van der Waals surface area contributed by atoms with Gasteiger partial charge in [0.25, 0.3) is 0 Å². The van der Waals surface area contributed by atoms with Crippen molar-refractivity contribution in [2.75, 3.05) is 23.8 Å². The zero-order valence-corrected chi connectivity index (χ0v) is 17.8. The second-order valence-electron chi connectivity index (χ2n) is 7.43. The van der Waals surface area contributed by atoms with Crippen LogP contribution in [-0.4, -0.2) is 25.0 Å². The van der Waals surface area contributed by atoms with Gasteiger partial charge in [0, 0.05) is 10.6 Å². The average Bonchev–Trinajstić information content (AvgIpc) is 2.99. The van der Waals surface area contributed by atoms with Crippen LogP contribution in [0.3, 0.4) is 0 Å². The monoisotopic (exact) mass is 400 g/mol. The molecule has 1 atom stereocenters. The molecule has 0 bridgehead atoms. The number of ether oxygens (including phenoxy) is 1. The Morgan fingerprint density at radius 3 is 2.82 bits per heavy atom. The minimum absolute atomic E-state index is 0.144. The first kappa shape index (κ1) is 20.4. The van der Waals surface area contributed by atoms with Crippen LogP contribution in [0.5, 0.6) is 0 Å². The number of hydrogen-bond donors (Lipinski definition) is 2. The SMILES string of the molecule is CCOC(=O)c1c(NC(=O)CNc2cccc(C)c2C)sc2c1CC[C@H](C)C2. The molecule has 150 valence electrons. The van der Waals surface area contributed by atoms with E-state index in [9.17, 15) is 9.59 Å². The molecular weight excluding hydrogens is 372 g/mol. The van der Waals surface area contributed by atoms with E-state index in [2.05, 4.69) is 17.6 Å². The van der Waals surface area contributed by atoms with Gasteiger partial charge < -0.3 is 15.4 Å². The van der Waals surface area contributed by atoms with E-state index >= 15 is 0 Å². The highest BCUT2D eigenvalue weighted by molar-refractivity contribution is 7.17. The Kier molecular flexibility index (Phi) is 6.39. The number of thiophene rings is 1. The van der Waals surface area contributed by atoms with Crippen LogP contribution < -0.4 is 10.6 Å². The maximum absolute atomic E-state index is 12.6. The molecule has 0 saturated heterocycles. The summed E-state index contributed by atoms with van der Waals surface area (Å²) in [5.74, 6) is 0.0844. The highest BCUT2D eigenvalue weighted by Crippen LogP contribution is 2.40. The van der Waals surface area contributed by atoms with Crippen molar-refractivity contribution in [3.63, 3.8) is 0 Å². The van der Waals surface area contributed by atoms with E-state index in [1.54, 1.807) is 6.92 Å². The molecule has 2 N–H and O–H groups in total. The lowest BCUT2D eigenvalue weighted by molar-refractivity contribution is -0.114. The highest BCUT2D eigenvalue weighted by atomic mass is 32.1.